The highest BCUT2D eigenvalue weighted by Gasteiger charge is 2.23. The number of carbonyl (C=O) groups is 2. The molecular formula is C22H22FNO4S. The molecule has 0 spiro atoms. The SMILES string of the molecule is CCN(Cc1ccccc1)C(=O)COC(=O)c1sc2cccc(F)c2c1COC. The summed E-state index contributed by atoms with van der Waals surface area (Å²) in [5, 5.41) is 0.358. The Labute approximate surface area is 172 Å². The molecule has 0 aliphatic carbocycles. The second kappa shape index (κ2) is 9.62. The molecule has 0 saturated heterocycles. The van der Waals surface area contributed by atoms with E-state index >= 15 is 0 Å². The number of halogens is 1. The fraction of sp³-hybridized carbons (Fsp3) is 0.273. The zero-order valence-electron chi connectivity index (χ0n) is 16.3. The third kappa shape index (κ3) is 4.81. The van der Waals surface area contributed by atoms with Crippen molar-refractivity contribution >= 4 is 33.3 Å². The number of esters is 1. The number of hydrogen-bond acceptors (Lipinski definition) is 5. The molecule has 0 radical (unpaired) electrons. The molecule has 0 aliphatic heterocycles. The first-order valence-electron chi connectivity index (χ1n) is 9.22. The molecule has 0 N–H and O–H groups in total. The summed E-state index contributed by atoms with van der Waals surface area (Å²) in [6.07, 6.45) is 0. The average molecular weight is 415 g/mol. The van der Waals surface area contributed by atoms with Crippen molar-refractivity contribution in [2.75, 3.05) is 20.3 Å². The lowest BCUT2D eigenvalue weighted by atomic mass is 10.1. The van der Waals surface area contributed by atoms with Crippen LogP contribution in [-0.2, 0) is 27.4 Å². The highest BCUT2D eigenvalue weighted by atomic mass is 32.1. The van der Waals surface area contributed by atoms with Gasteiger partial charge in [-0.3, -0.25) is 4.79 Å². The van der Waals surface area contributed by atoms with Crippen LogP contribution in [0.3, 0.4) is 0 Å². The molecule has 1 aromatic heterocycles. The van der Waals surface area contributed by atoms with Crippen LogP contribution in [0.2, 0.25) is 0 Å². The molecule has 0 unspecified atom stereocenters. The number of thiophene rings is 1. The molecule has 5 nitrogen and oxygen atoms in total. The molecule has 2 aromatic carbocycles. The van der Waals surface area contributed by atoms with Crippen molar-refractivity contribution < 1.29 is 23.5 Å². The normalized spacial score (nSPS) is 10.9. The quantitative estimate of drug-likeness (QED) is 0.512. The van der Waals surface area contributed by atoms with E-state index in [1.165, 1.54) is 13.2 Å². The van der Waals surface area contributed by atoms with Gasteiger partial charge in [-0.1, -0.05) is 36.4 Å². The van der Waals surface area contributed by atoms with Gasteiger partial charge in [-0.05, 0) is 24.6 Å². The molecule has 3 aromatic rings. The lowest BCUT2D eigenvalue weighted by molar-refractivity contribution is -0.134. The highest BCUT2D eigenvalue weighted by molar-refractivity contribution is 7.21. The fourth-order valence-electron chi connectivity index (χ4n) is 3.08. The predicted molar refractivity (Wildman–Crippen MR) is 110 cm³/mol. The minimum Gasteiger partial charge on any atom is -0.451 e. The molecule has 0 saturated carbocycles. The molecule has 1 heterocycles. The predicted octanol–water partition coefficient (Wildman–Crippen LogP) is 4.39. The van der Waals surface area contributed by atoms with Crippen molar-refractivity contribution in [1.82, 2.24) is 4.90 Å². The number of nitrogens with zero attached hydrogens (tertiary/aromatic N) is 1. The first-order chi connectivity index (χ1) is 14.0. The maximum atomic E-state index is 14.3. The van der Waals surface area contributed by atoms with Crippen molar-refractivity contribution in [3.63, 3.8) is 0 Å². The summed E-state index contributed by atoms with van der Waals surface area (Å²) >= 11 is 1.14. The van der Waals surface area contributed by atoms with E-state index in [0.29, 0.717) is 28.7 Å². The third-order valence-corrected chi connectivity index (χ3v) is 5.69. The first kappa shape index (κ1) is 21.0. The van der Waals surface area contributed by atoms with Gasteiger partial charge >= 0.3 is 5.97 Å². The Morgan fingerprint density at radius 2 is 1.86 bits per heavy atom. The van der Waals surface area contributed by atoms with Gasteiger partial charge in [0.15, 0.2) is 6.61 Å². The molecule has 152 valence electrons. The number of ether oxygens (including phenoxy) is 2. The Hall–Kier alpha value is -2.77. The lowest BCUT2D eigenvalue weighted by Gasteiger charge is -2.20. The van der Waals surface area contributed by atoms with Gasteiger partial charge in [-0.25, -0.2) is 9.18 Å². The summed E-state index contributed by atoms with van der Waals surface area (Å²) in [5.74, 6) is -1.35. The standard InChI is InChI=1S/C22H22FNO4S/c1-3-24(12-15-8-5-4-6-9-15)19(25)14-28-22(26)21-16(13-27-2)20-17(23)10-7-11-18(20)29-21/h4-11H,3,12-14H2,1-2H3. The minimum absolute atomic E-state index is 0.0778. The number of hydrogen-bond donors (Lipinski definition) is 0. The van der Waals surface area contributed by atoms with Crippen LogP contribution < -0.4 is 0 Å². The zero-order chi connectivity index (χ0) is 20.8. The zero-order valence-corrected chi connectivity index (χ0v) is 17.1. The number of rotatable bonds is 8. The number of carbonyl (C=O) groups excluding carboxylic acids is 2. The van der Waals surface area contributed by atoms with Gasteiger partial charge in [0.2, 0.25) is 0 Å². The smallest absolute Gasteiger partial charge is 0.349 e. The van der Waals surface area contributed by atoms with Crippen molar-refractivity contribution in [2.45, 2.75) is 20.1 Å². The number of methoxy groups -OCH3 is 1. The van der Waals surface area contributed by atoms with E-state index in [0.717, 1.165) is 16.9 Å². The summed E-state index contributed by atoms with van der Waals surface area (Å²) < 4.78 is 25.3. The minimum atomic E-state index is -0.651. The average Bonchev–Trinajstić information content (AvgIpc) is 3.11. The van der Waals surface area contributed by atoms with E-state index in [1.54, 1.807) is 17.0 Å². The van der Waals surface area contributed by atoms with Gasteiger partial charge in [-0.15, -0.1) is 11.3 Å². The molecule has 1 amide bonds. The Morgan fingerprint density at radius 3 is 2.55 bits per heavy atom. The third-order valence-electron chi connectivity index (χ3n) is 4.51. The monoisotopic (exact) mass is 415 g/mol. The Kier molecular flexibility index (Phi) is 6.95. The van der Waals surface area contributed by atoms with Crippen LogP contribution in [-0.4, -0.2) is 37.0 Å². The van der Waals surface area contributed by atoms with Crippen LogP contribution in [0.4, 0.5) is 4.39 Å². The van der Waals surface area contributed by atoms with E-state index < -0.39 is 11.8 Å². The van der Waals surface area contributed by atoms with Crippen LogP contribution in [0.5, 0.6) is 0 Å². The molecule has 0 aliphatic rings. The number of benzene rings is 2. The maximum Gasteiger partial charge on any atom is 0.349 e. The van der Waals surface area contributed by atoms with Gasteiger partial charge in [-0.2, -0.15) is 0 Å². The van der Waals surface area contributed by atoms with Crippen LogP contribution >= 0.6 is 11.3 Å². The molecule has 0 fully saturated rings. The Balaban J connectivity index is 1.72. The van der Waals surface area contributed by atoms with Crippen LogP contribution in [0.15, 0.2) is 48.5 Å². The van der Waals surface area contributed by atoms with Crippen LogP contribution in [0.25, 0.3) is 10.1 Å². The van der Waals surface area contributed by atoms with Crippen LogP contribution in [0, 0.1) is 5.82 Å². The first-order valence-corrected chi connectivity index (χ1v) is 10.0. The topological polar surface area (TPSA) is 55.8 Å². The van der Waals surface area contributed by atoms with Crippen molar-refractivity contribution in [1.29, 1.82) is 0 Å². The molecule has 3 rings (SSSR count). The van der Waals surface area contributed by atoms with Crippen molar-refractivity contribution in [3.05, 3.63) is 70.4 Å². The van der Waals surface area contributed by atoms with E-state index in [-0.39, 0.29) is 24.0 Å². The van der Waals surface area contributed by atoms with Gasteiger partial charge in [0, 0.05) is 35.8 Å². The van der Waals surface area contributed by atoms with Crippen molar-refractivity contribution in [3.8, 4) is 0 Å². The highest BCUT2D eigenvalue weighted by Crippen LogP contribution is 2.34. The second-order valence-electron chi connectivity index (χ2n) is 6.43. The largest absolute Gasteiger partial charge is 0.451 e. The lowest BCUT2D eigenvalue weighted by Crippen LogP contribution is -2.34. The molecule has 0 bridgehead atoms. The van der Waals surface area contributed by atoms with E-state index in [2.05, 4.69) is 0 Å². The van der Waals surface area contributed by atoms with E-state index in [1.807, 2.05) is 37.3 Å². The molecule has 0 atom stereocenters. The summed E-state index contributed by atoms with van der Waals surface area (Å²) in [5.41, 5.74) is 1.44. The van der Waals surface area contributed by atoms with Crippen LogP contribution in [0.1, 0.15) is 27.7 Å². The van der Waals surface area contributed by atoms with E-state index in [4.69, 9.17) is 9.47 Å². The summed E-state index contributed by atoms with van der Waals surface area (Å²) in [7, 11) is 1.48. The summed E-state index contributed by atoms with van der Waals surface area (Å²) in [6.45, 7) is 2.51. The molecular weight excluding hydrogens is 393 g/mol. The Morgan fingerprint density at radius 1 is 1.10 bits per heavy atom. The number of amides is 1. The summed E-state index contributed by atoms with van der Waals surface area (Å²) in [4.78, 5) is 27.0. The summed E-state index contributed by atoms with van der Waals surface area (Å²) in [6, 6.07) is 14.3. The van der Waals surface area contributed by atoms with Gasteiger partial charge in [0.1, 0.15) is 10.7 Å². The maximum absolute atomic E-state index is 14.3. The molecule has 7 heteroatoms. The second-order valence-corrected chi connectivity index (χ2v) is 7.48. The van der Waals surface area contributed by atoms with Gasteiger partial charge in [0.25, 0.3) is 5.91 Å². The number of likely N-dealkylation sites (N-methyl/N-ethyl adjacent to an activating group) is 1. The fourth-order valence-corrected chi connectivity index (χ4v) is 4.19. The molecule has 29 heavy (non-hydrogen) atoms. The number of fused-ring (bicyclic) bond motifs is 1. The Bertz CT molecular complexity index is 1000. The van der Waals surface area contributed by atoms with Gasteiger partial charge < -0.3 is 14.4 Å². The van der Waals surface area contributed by atoms with Crippen molar-refractivity contribution in [2.24, 2.45) is 0 Å². The van der Waals surface area contributed by atoms with E-state index in [9.17, 15) is 14.0 Å². The van der Waals surface area contributed by atoms with Gasteiger partial charge in [0.05, 0.1) is 6.61 Å².